The first-order valence-corrected chi connectivity index (χ1v) is 6.79. The summed E-state index contributed by atoms with van der Waals surface area (Å²) in [5.74, 6) is 1.05. The molecule has 1 saturated heterocycles. The van der Waals surface area contributed by atoms with Crippen LogP contribution in [0, 0.1) is 5.41 Å². The second kappa shape index (κ2) is 4.90. The van der Waals surface area contributed by atoms with Crippen molar-refractivity contribution in [1.29, 1.82) is 0 Å². The Morgan fingerprint density at radius 3 is 3.17 bits per heavy atom. The molecule has 2 aliphatic heterocycles. The van der Waals surface area contributed by atoms with Crippen LogP contribution in [0.2, 0.25) is 0 Å². The van der Waals surface area contributed by atoms with Crippen molar-refractivity contribution in [3.8, 4) is 5.75 Å². The second-order valence-electron chi connectivity index (χ2n) is 5.75. The van der Waals surface area contributed by atoms with E-state index in [1.807, 2.05) is 0 Å². The minimum Gasteiger partial charge on any atom is -0.493 e. The van der Waals surface area contributed by atoms with Crippen LogP contribution in [0.3, 0.4) is 0 Å². The highest BCUT2D eigenvalue weighted by atomic mass is 16.5. The Labute approximate surface area is 108 Å². The van der Waals surface area contributed by atoms with Crippen molar-refractivity contribution in [3.05, 3.63) is 29.3 Å². The summed E-state index contributed by atoms with van der Waals surface area (Å²) in [6.07, 6.45) is 2.34. The maximum absolute atomic E-state index is 6.07. The molecule has 2 heterocycles. The molecule has 0 amide bonds. The third-order valence-corrected chi connectivity index (χ3v) is 3.94. The monoisotopic (exact) mass is 247 g/mol. The van der Waals surface area contributed by atoms with E-state index in [-0.39, 0.29) is 5.41 Å². The van der Waals surface area contributed by atoms with E-state index in [1.165, 1.54) is 17.5 Å². The summed E-state index contributed by atoms with van der Waals surface area (Å²) in [6, 6.07) is 6.34. The topological polar surface area (TPSA) is 30.5 Å². The summed E-state index contributed by atoms with van der Waals surface area (Å²) in [4.78, 5) is 0. The minimum absolute atomic E-state index is 0.174. The number of hydrogen-bond acceptors (Lipinski definition) is 3. The molecule has 0 aliphatic carbocycles. The first-order chi connectivity index (χ1) is 8.77. The summed E-state index contributed by atoms with van der Waals surface area (Å²) in [7, 11) is 0. The maximum Gasteiger partial charge on any atom is 0.124 e. The molecule has 3 rings (SSSR count). The van der Waals surface area contributed by atoms with Gasteiger partial charge >= 0.3 is 0 Å². The van der Waals surface area contributed by atoms with Gasteiger partial charge < -0.3 is 14.8 Å². The lowest BCUT2D eigenvalue weighted by Crippen LogP contribution is -2.34. The molecular weight excluding hydrogens is 226 g/mol. The molecule has 1 unspecified atom stereocenters. The van der Waals surface area contributed by atoms with Crippen LogP contribution in [0.1, 0.15) is 30.9 Å². The fraction of sp³-hybridized carbons (Fsp3) is 0.600. The Morgan fingerprint density at radius 1 is 1.39 bits per heavy atom. The molecule has 1 N–H and O–H groups in total. The zero-order valence-corrected chi connectivity index (χ0v) is 11.0. The molecule has 0 bridgehead atoms. The maximum atomic E-state index is 6.07. The van der Waals surface area contributed by atoms with Crippen molar-refractivity contribution >= 4 is 0 Å². The van der Waals surface area contributed by atoms with Crippen molar-refractivity contribution in [1.82, 2.24) is 5.32 Å². The summed E-state index contributed by atoms with van der Waals surface area (Å²) >= 11 is 0. The van der Waals surface area contributed by atoms with Crippen LogP contribution in [0.15, 0.2) is 18.2 Å². The normalized spacial score (nSPS) is 26.9. The summed E-state index contributed by atoms with van der Waals surface area (Å²) in [6.45, 7) is 6.63. The summed E-state index contributed by atoms with van der Waals surface area (Å²) < 4.78 is 11.6. The molecule has 0 saturated carbocycles. The van der Waals surface area contributed by atoms with Crippen LogP contribution >= 0.6 is 0 Å². The van der Waals surface area contributed by atoms with Crippen LogP contribution < -0.4 is 10.1 Å². The number of fused-ring (bicyclic) bond motifs is 1. The van der Waals surface area contributed by atoms with Gasteiger partial charge in [-0.3, -0.25) is 0 Å². The van der Waals surface area contributed by atoms with E-state index in [2.05, 4.69) is 30.4 Å². The highest BCUT2D eigenvalue weighted by Gasteiger charge is 2.29. The Hall–Kier alpha value is -1.06. The van der Waals surface area contributed by atoms with Gasteiger partial charge in [-0.1, -0.05) is 19.1 Å². The first-order valence-electron chi connectivity index (χ1n) is 6.79. The summed E-state index contributed by atoms with van der Waals surface area (Å²) in [5.41, 5.74) is 2.88. The molecule has 1 fully saturated rings. The van der Waals surface area contributed by atoms with E-state index in [9.17, 15) is 0 Å². The second-order valence-corrected chi connectivity index (χ2v) is 5.75. The van der Waals surface area contributed by atoms with E-state index in [0.29, 0.717) is 0 Å². The van der Waals surface area contributed by atoms with Crippen LogP contribution in [0.5, 0.6) is 5.75 Å². The van der Waals surface area contributed by atoms with Gasteiger partial charge in [0.2, 0.25) is 0 Å². The molecule has 1 atom stereocenters. The van der Waals surface area contributed by atoms with Crippen molar-refractivity contribution < 1.29 is 9.47 Å². The van der Waals surface area contributed by atoms with E-state index in [1.54, 1.807) is 0 Å². The first kappa shape index (κ1) is 12.0. The van der Waals surface area contributed by atoms with Crippen molar-refractivity contribution in [3.63, 3.8) is 0 Å². The van der Waals surface area contributed by atoms with Crippen LogP contribution in [-0.4, -0.2) is 19.8 Å². The van der Waals surface area contributed by atoms with Gasteiger partial charge in [-0.15, -0.1) is 0 Å². The average molecular weight is 247 g/mol. The molecule has 3 nitrogen and oxygen atoms in total. The van der Waals surface area contributed by atoms with E-state index >= 15 is 0 Å². The summed E-state index contributed by atoms with van der Waals surface area (Å²) in [5, 5.41) is 3.37. The molecule has 98 valence electrons. The zero-order chi connectivity index (χ0) is 12.4. The molecule has 0 spiro atoms. The smallest absolute Gasteiger partial charge is 0.124 e. The molecule has 0 radical (unpaired) electrons. The van der Waals surface area contributed by atoms with Gasteiger partial charge in [-0.2, -0.15) is 0 Å². The van der Waals surface area contributed by atoms with Gasteiger partial charge in [0.25, 0.3) is 0 Å². The van der Waals surface area contributed by atoms with E-state index in [0.717, 1.165) is 45.1 Å². The lowest BCUT2D eigenvalue weighted by molar-refractivity contribution is -0.0216. The number of rotatable bonds is 3. The predicted octanol–water partition coefficient (Wildman–Crippen LogP) is 2.49. The molecule has 18 heavy (non-hydrogen) atoms. The molecule has 1 aromatic carbocycles. The molecule has 1 aromatic rings. The van der Waals surface area contributed by atoms with Crippen molar-refractivity contribution in [2.45, 2.75) is 32.9 Å². The van der Waals surface area contributed by atoms with E-state index < -0.39 is 0 Å². The van der Waals surface area contributed by atoms with Gasteiger partial charge in [0.05, 0.1) is 13.2 Å². The minimum atomic E-state index is 0.174. The lowest BCUT2D eigenvalue weighted by Gasteiger charge is -2.33. The number of benzene rings is 1. The molecule has 0 aromatic heterocycles. The van der Waals surface area contributed by atoms with E-state index in [4.69, 9.17) is 9.47 Å². The number of ether oxygens (including phenoxy) is 2. The van der Waals surface area contributed by atoms with Crippen molar-refractivity contribution in [2.75, 3.05) is 19.8 Å². The Bertz CT molecular complexity index is 425. The third kappa shape index (κ3) is 2.38. The van der Waals surface area contributed by atoms with Gasteiger partial charge in [0.1, 0.15) is 5.75 Å². The van der Waals surface area contributed by atoms with Crippen molar-refractivity contribution in [2.24, 2.45) is 5.41 Å². The average Bonchev–Trinajstić information content (AvgIpc) is 2.86. The number of hydrogen-bond donors (Lipinski definition) is 1. The van der Waals surface area contributed by atoms with Gasteiger partial charge in [0, 0.05) is 30.7 Å². The fourth-order valence-corrected chi connectivity index (χ4v) is 2.79. The van der Waals surface area contributed by atoms with Gasteiger partial charge in [0.15, 0.2) is 0 Å². The lowest BCUT2D eigenvalue weighted by atomic mass is 9.86. The Balaban J connectivity index is 1.68. The highest BCUT2D eigenvalue weighted by Crippen LogP contribution is 2.31. The van der Waals surface area contributed by atoms with Crippen LogP contribution in [-0.2, 0) is 17.8 Å². The zero-order valence-electron chi connectivity index (χ0n) is 11.0. The predicted molar refractivity (Wildman–Crippen MR) is 70.6 cm³/mol. The van der Waals surface area contributed by atoms with Crippen LogP contribution in [0.4, 0.5) is 0 Å². The standard InChI is InChI=1S/C15H21NO2/c1-15(6-3-7-17-10-15)11-18-14-5-2-4-12-8-16-9-13(12)14/h2,4-5,16H,3,6-11H2,1H3. The van der Waals surface area contributed by atoms with Gasteiger partial charge in [-0.25, -0.2) is 0 Å². The quantitative estimate of drug-likeness (QED) is 0.890. The molecule has 2 aliphatic rings. The van der Waals surface area contributed by atoms with Crippen LogP contribution in [0.25, 0.3) is 0 Å². The molecular formula is C15H21NO2. The molecule has 3 heteroatoms. The largest absolute Gasteiger partial charge is 0.493 e. The van der Waals surface area contributed by atoms with Gasteiger partial charge in [-0.05, 0) is 24.5 Å². The third-order valence-electron chi connectivity index (χ3n) is 3.94. The SMILES string of the molecule is CC1(COc2cccc3c2CNC3)CCCOC1. The Morgan fingerprint density at radius 2 is 2.33 bits per heavy atom. The fourth-order valence-electron chi connectivity index (χ4n) is 2.79. The highest BCUT2D eigenvalue weighted by molar-refractivity contribution is 5.42. The Kier molecular flexibility index (Phi) is 3.27. The number of nitrogens with one attached hydrogen (secondary N) is 1.